The number of methoxy groups -OCH3 is 1. The van der Waals surface area contributed by atoms with E-state index in [1.165, 1.54) is 14.0 Å². The first-order chi connectivity index (χ1) is 22.1. The minimum atomic E-state index is -1.58. The van der Waals surface area contributed by atoms with Crippen LogP contribution in [0.4, 0.5) is 0 Å². The lowest BCUT2D eigenvalue weighted by Gasteiger charge is -2.25. The van der Waals surface area contributed by atoms with Gasteiger partial charge in [0.05, 0.1) is 18.7 Å². The van der Waals surface area contributed by atoms with E-state index in [0.29, 0.717) is 52.5 Å². The fourth-order valence-electron chi connectivity index (χ4n) is 4.84. The molecule has 0 aliphatic carbocycles. The Bertz CT molecular complexity index is 1730. The van der Waals surface area contributed by atoms with Crippen LogP contribution < -0.4 is 29.0 Å². The molecule has 0 radical (unpaired) electrons. The van der Waals surface area contributed by atoms with Gasteiger partial charge in [-0.2, -0.15) is 0 Å². The molecule has 2 heterocycles. The summed E-state index contributed by atoms with van der Waals surface area (Å²) >= 11 is 12.8. The molecule has 0 spiro atoms. The van der Waals surface area contributed by atoms with E-state index < -0.39 is 18.1 Å². The Morgan fingerprint density at radius 1 is 0.978 bits per heavy atom. The Morgan fingerprint density at radius 2 is 1.74 bits per heavy atom. The van der Waals surface area contributed by atoms with E-state index in [0.717, 1.165) is 28.0 Å². The minimum absolute atomic E-state index is 0.0375. The number of benzene rings is 3. The lowest BCUT2D eigenvalue weighted by atomic mass is 9.96. The lowest BCUT2D eigenvalue weighted by molar-refractivity contribution is -0.145. The highest BCUT2D eigenvalue weighted by molar-refractivity contribution is 6.32. The van der Waals surface area contributed by atoms with Gasteiger partial charge in [0.25, 0.3) is 0 Å². The van der Waals surface area contributed by atoms with Gasteiger partial charge in [-0.1, -0.05) is 47.5 Å². The molecule has 242 valence electrons. The number of carboxylic acid groups (broad SMARTS) is 1. The molecule has 12 heteroatoms. The quantitative estimate of drug-likeness (QED) is 0.141. The van der Waals surface area contributed by atoms with E-state index in [-0.39, 0.29) is 24.9 Å². The molecule has 0 fully saturated rings. The normalized spacial score (nSPS) is 13.5. The third kappa shape index (κ3) is 7.59. The molecule has 3 N–H and O–H groups in total. The van der Waals surface area contributed by atoms with Crippen molar-refractivity contribution in [2.45, 2.75) is 39.1 Å². The standard InChI is InChI=1S/C34H34Cl2N2O8/c1-20-23(5-4-6-25(20)22-7-8-27-30(14-22)44-10-9-43-27)18-46-29-15-28(45-17-21-11-31(36)38-32(12-21)42-3)24(13-26(29)35)16-37-34(2,19-39)33(40)41/h4-8,11-15,37,39H,9-10,16-19H2,1-3H3,(H,40,41). The second-order valence-electron chi connectivity index (χ2n) is 10.9. The largest absolute Gasteiger partial charge is 0.488 e. The average Bonchev–Trinajstić information content (AvgIpc) is 3.06. The monoisotopic (exact) mass is 668 g/mol. The molecule has 0 saturated carbocycles. The van der Waals surface area contributed by atoms with Crippen molar-refractivity contribution in [2.75, 3.05) is 26.9 Å². The van der Waals surface area contributed by atoms with Crippen molar-refractivity contribution in [1.29, 1.82) is 0 Å². The fourth-order valence-corrected chi connectivity index (χ4v) is 5.30. The number of rotatable bonds is 13. The molecule has 1 unspecified atom stereocenters. The number of pyridine rings is 1. The summed E-state index contributed by atoms with van der Waals surface area (Å²) in [6.45, 7) is 4.20. The number of carboxylic acids is 1. The van der Waals surface area contributed by atoms with Crippen LogP contribution in [0, 0.1) is 6.92 Å². The van der Waals surface area contributed by atoms with Crippen LogP contribution in [0.15, 0.2) is 60.7 Å². The highest BCUT2D eigenvalue weighted by Gasteiger charge is 2.32. The molecular weight excluding hydrogens is 635 g/mol. The first-order valence-electron chi connectivity index (χ1n) is 14.5. The van der Waals surface area contributed by atoms with E-state index >= 15 is 0 Å². The van der Waals surface area contributed by atoms with Gasteiger partial charge in [0, 0.05) is 24.2 Å². The molecule has 4 aromatic rings. The predicted molar refractivity (Wildman–Crippen MR) is 173 cm³/mol. The summed E-state index contributed by atoms with van der Waals surface area (Å²) < 4.78 is 29.1. The van der Waals surface area contributed by atoms with Gasteiger partial charge in [-0.05, 0) is 65.9 Å². The maximum absolute atomic E-state index is 11.8. The highest BCUT2D eigenvalue weighted by Crippen LogP contribution is 2.38. The number of fused-ring (bicyclic) bond motifs is 1. The molecule has 0 bridgehead atoms. The van der Waals surface area contributed by atoms with Crippen LogP contribution in [0.1, 0.15) is 29.2 Å². The number of hydrogen-bond donors (Lipinski definition) is 3. The van der Waals surface area contributed by atoms with Crippen LogP contribution in [0.5, 0.6) is 28.9 Å². The molecule has 0 amide bonds. The number of nitrogens with zero attached hydrogens (tertiary/aromatic N) is 1. The molecule has 1 aromatic heterocycles. The van der Waals surface area contributed by atoms with Gasteiger partial charge in [-0.15, -0.1) is 0 Å². The second-order valence-corrected chi connectivity index (χ2v) is 11.7. The van der Waals surface area contributed by atoms with Crippen LogP contribution in [0.2, 0.25) is 10.2 Å². The number of carbonyl (C=O) groups is 1. The number of ether oxygens (including phenoxy) is 5. The first-order valence-corrected chi connectivity index (χ1v) is 15.2. The SMILES string of the molecule is COc1cc(COc2cc(OCc3cccc(-c4ccc5c(c4)OCCO5)c3C)c(Cl)cc2CNC(C)(CO)C(=O)O)cc(Cl)n1. The van der Waals surface area contributed by atoms with E-state index in [9.17, 15) is 15.0 Å². The molecule has 3 aromatic carbocycles. The zero-order chi connectivity index (χ0) is 32.8. The molecule has 1 aliphatic rings. The van der Waals surface area contributed by atoms with E-state index in [1.807, 2.05) is 43.3 Å². The second kappa shape index (κ2) is 14.5. The number of aliphatic hydroxyl groups is 1. The van der Waals surface area contributed by atoms with Crippen molar-refractivity contribution >= 4 is 29.2 Å². The lowest BCUT2D eigenvalue weighted by Crippen LogP contribution is -2.52. The van der Waals surface area contributed by atoms with Crippen molar-refractivity contribution in [3.8, 4) is 40.0 Å². The highest BCUT2D eigenvalue weighted by atomic mass is 35.5. The van der Waals surface area contributed by atoms with Crippen LogP contribution >= 0.6 is 23.2 Å². The zero-order valence-electron chi connectivity index (χ0n) is 25.6. The third-order valence-corrected chi connectivity index (χ3v) is 8.18. The summed E-state index contributed by atoms with van der Waals surface area (Å²) in [6, 6.07) is 18.6. The van der Waals surface area contributed by atoms with Gasteiger partial charge in [-0.25, -0.2) is 4.98 Å². The van der Waals surface area contributed by atoms with Crippen molar-refractivity contribution in [3.05, 3.63) is 93.1 Å². The molecule has 1 aliphatic heterocycles. The molecule has 0 saturated heterocycles. The average molecular weight is 670 g/mol. The Balaban J connectivity index is 1.40. The predicted octanol–water partition coefficient (Wildman–Crippen LogP) is 6.23. The van der Waals surface area contributed by atoms with E-state index in [1.54, 1.807) is 24.3 Å². The van der Waals surface area contributed by atoms with Gasteiger partial charge >= 0.3 is 5.97 Å². The summed E-state index contributed by atoms with van der Waals surface area (Å²) in [7, 11) is 1.49. The van der Waals surface area contributed by atoms with Crippen LogP contribution in [0.3, 0.4) is 0 Å². The van der Waals surface area contributed by atoms with Crippen LogP contribution in [0.25, 0.3) is 11.1 Å². The Morgan fingerprint density at radius 3 is 2.48 bits per heavy atom. The van der Waals surface area contributed by atoms with Gasteiger partial charge in [0.15, 0.2) is 11.5 Å². The maximum Gasteiger partial charge on any atom is 0.326 e. The number of nitrogens with one attached hydrogen (secondary N) is 1. The number of aliphatic hydroxyl groups excluding tert-OH is 1. The summed E-state index contributed by atoms with van der Waals surface area (Å²) in [6.07, 6.45) is 0. The summed E-state index contributed by atoms with van der Waals surface area (Å²) in [5, 5.41) is 22.8. The van der Waals surface area contributed by atoms with Crippen molar-refractivity contribution in [3.63, 3.8) is 0 Å². The number of aliphatic carboxylic acids is 1. The molecule has 10 nitrogen and oxygen atoms in total. The van der Waals surface area contributed by atoms with Crippen LogP contribution in [-0.2, 0) is 24.6 Å². The number of hydrogen-bond acceptors (Lipinski definition) is 9. The first kappa shape index (κ1) is 33.2. The van der Waals surface area contributed by atoms with Crippen molar-refractivity contribution in [1.82, 2.24) is 10.3 Å². The van der Waals surface area contributed by atoms with Gasteiger partial charge in [-0.3, -0.25) is 10.1 Å². The minimum Gasteiger partial charge on any atom is -0.488 e. The Hall–Kier alpha value is -4.22. The Labute approximate surface area is 276 Å². The number of aromatic nitrogens is 1. The molecule has 46 heavy (non-hydrogen) atoms. The van der Waals surface area contributed by atoms with Gasteiger partial charge < -0.3 is 33.9 Å². The zero-order valence-corrected chi connectivity index (χ0v) is 27.1. The summed E-state index contributed by atoms with van der Waals surface area (Å²) in [4.78, 5) is 15.9. The number of halogens is 2. The maximum atomic E-state index is 11.8. The third-order valence-electron chi connectivity index (χ3n) is 7.69. The molecule has 5 rings (SSSR count). The van der Waals surface area contributed by atoms with Crippen LogP contribution in [-0.4, -0.2) is 53.6 Å². The Kier molecular flexibility index (Phi) is 10.4. The summed E-state index contributed by atoms with van der Waals surface area (Å²) in [5.41, 5.74) is 3.70. The smallest absolute Gasteiger partial charge is 0.326 e. The summed E-state index contributed by atoms with van der Waals surface area (Å²) in [5.74, 6) is 1.35. The van der Waals surface area contributed by atoms with Gasteiger partial charge in [0.2, 0.25) is 5.88 Å². The van der Waals surface area contributed by atoms with E-state index in [2.05, 4.69) is 10.3 Å². The molecule has 1 atom stereocenters. The molecular formula is C34H34Cl2N2O8. The van der Waals surface area contributed by atoms with Crippen molar-refractivity contribution < 1.29 is 38.7 Å². The van der Waals surface area contributed by atoms with E-state index in [4.69, 9.17) is 46.9 Å². The van der Waals surface area contributed by atoms with Gasteiger partial charge in [0.1, 0.15) is 48.6 Å². The fraction of sp³-hybridized carbons (Fsp3) is 0.294. The van der Waals surface area contributed by atoms with Crippen molar-refractivity contribution in [2.24, 2.45) is 0 Å². The topological polar surface area (TPSA) is 129 Å².